The van der Waals surface area contributed by atoms with E-state index in [1.54, 1.807) is 11.1 Å². The third kappa shape index (κ3) is 3.29. The van der Waals surface area contributed by atoms with E-state index in [2.05, 4.69) is 68.6 Å². The summed E-state index contributed by atoms with van der Waals surface area (Å²) in [6, 6.07) is 19.0. The maximum absolute atomic E-state index is 4.95. The summed E-state index contributed by atoms with van der Waals surface area (Å²) in [6.45, 7) is 4.40. The van der Waals surface area contributed by atoms with Gasteiger partial charge >= 0.3 is 0 Å². The molecule has 30 heavy (non-hydrogen) atoms. The van der Waals surface area contributed by atoms with Crippen LogP contribution in [0.4, 0.5) is 0 Å². The van der Waals surface area contributed by atoms with Crippen molar-refractivity contribution in [1.29, 1.82) is 0 Å². The van der Waals surface area contributed by atoms with Crippen LogP contribution in [0.1, 0.15) is 66.2 Å². The minimum absolute atomic E-state index is 0. The summed E-state index contributed by atoms with van der Waals surface area (Å²) in [5.41, 5.74) is 10.6. The first kappa shape index (κ1) is 20.2. The van der Waals surface area contributed by atoms with Crippen molar-refractivity contribution in [3.8, 4) is 22.4 Å². The van der Waals surface area contributed by atoms with E-state index in [4.69, 9.17) is 4.98 Å². The summed E-state index contributed by atoms with van der Waals surface area (Å²) in [5, 5.41) is 0. The molecule has 7 rings (SSSR count). The molecule has 0 amide bonds. The number of hydrogen-bond donors (Lipinski definition) is 0. The SMILES string of the molecule is Cc1cccc(C)c1-c1cc[c-]c(-c2cc3c(cn2)C2CC4CC(C2)CC3C4)c1.[Ir]. The first-order valence-corrected chi connectivity index (χ1v) is 11.2. The number of aryl methyl sites for hydroxylation is 2. The molecule has 1 nitrogen and oxygen atoms in total. The molecule has 0 N–H and O–H groups in total. The van der Waals surface area contributed by atoms with Gasteiger partial charge in [0.1, 0.15) is 0 Å². The van der Waals surface area contributed by atoms with Gasteiger partial charge in [-0.1, -0.05) is 24.3 Å². The molecule has 1 aromatic heterocycles. The Morgan fingerprint density at radius 1 is 0.833 bits per heavy atom. The summed E-state index contributed by atoms with van der Waals surface area (Å²) >= 11 is 0. The van der Waals surface area contributed by atoms with E-state index in [1.807, 2.05) is 0 Å². The quantitative estimate of drug-likeness (QED) is 0.297. The van der Waals surface area contributed by atoms with Crippen LogP contribution in [0.2, 0.25) is 0 Å². The average Bonchev–Trinajstić information content (AvgIpc) is 2.89. The molecule has 1 heterocycles. The third-order valence-corrected chi connectivity index (χ3v) is 7.83. The molecule has 2 aromatic carbocycles. The number of nitrogens with zero attached hydrogens (tertiary/aromatic N) is 1. The largest absolute Gasteiger partial charge is 0.304 e. The van der Waals surface area contributed by atoms with Crippen LogP contribution in [0, 0.1) is 31.7 Å². The van der Waals surface area contributed by atoms with Crippen molar-refractivity contribution in [2.75, 3.05) is 0 Å². The normalized spacial score (nSPS) is 26.1. The fourth-order valence-corrected chi connectivity index (χ4v) is 6.72. The Morgan fingerprint density at radius 2 is 1.50 bits per heavy atom. The number of benzene rings is 2. The Kier molecular flexibility index (Phi) is 5.20. The molecular weight excluding hydrogens is 543 g/mol. The van der Waals surface area contributed by atoms with Gasteiger partial charge in [0.15, 0.2) is 0 Å². The molecule has 155 valence electrons. The second-order valence-corrected chi connectivity index (χ2v) is 9.76. The van der Waals surface area contributed by atoms with Gasteiger partial charge in [-0.25, -0.2) is 0 Å². The minimum Gasteiger partial charge on any atom is -0.304 e. The molecule has 2 unspecified atom stereocenters. The van der Waals surface area contributed by atoms with Gasteiger partial charge in [0.05, 0.1) is 0 Å². The van der Waals surface area contributed by atoms with Gasteiger partial charge in [0.25, 0.3) is 0 Å². The maximum Gasteiger partial charge on any atom is 0.0198 e. The molecular formula is C28H28IrN-. The van der Waals surface area contributed by atoms with E-state index in [9.17, 15) is 0 Å². The molecule has 1 radical (unpaired) electrons. The van der Waals surface area contributed by atoms with Crippen molar-refractivity contribution in [2.45, 2.75) is 57.8 Å². The first-order chi connectivity index (χ1) is 14.2. The van der Waals surface area contributed by atoms with Crippen molar-refractivity contribution >= 4 is 0 Å². The summed E-state index contributed by atoms with van der Waals surface area (Å²) in [4.78, 5) is 4.95. The Balaban J connectivity index is 0.00000193. The van der Waals surface area contributed by atoms with Crippen LogP contribution in [-0.2, 0) is 20.1 Å². The van der Waals surface area contributed by atoms with Crippen LogP contribution < -0.4 is 0 Å². The smallest absolute Gasteiger partial charge is 0.0198 e. The predicted molar refractivity (Wildman–Crippen MR) is 119 cm³/mol. The van der Waals surface area contributed by atoms with E-state index >= 15 is 0 Å². The fourth-order valence-electron chi connectivity index (χ4n) is 6.72. The van der Waals surface area contributed by atoms with Crippen LogP contribution in [0.25, 0.3) is 22.4 Å². The van der Waals surface area contributed by atoms with E-state index in [-0.39, 0.29) is 20.1 Å². The van der Waals surface area contributed by atoms with Crippen LogP contribution in [-0.4, -0.2) is 4.98 Å². The molecule has 4 aliphatic rings. The van der Waals surface area contributed by atoms with Gasteiger partial charge in [0.2, 0.25) is 0 Å². The van der Waals surface area contributed by atoms with Gasteiger partial charge in [-0.05, 0) is 103 Å². The van der Waals surface area contributed by atoms with Crippen LogP contribution in [0.5, 0.6) is 0 Å². The number of hydrogen-bond acceptors (Lipinski definition) is 1. The zero-order valence-corrected chi connectivity index (χ0v) is 20.1. The number of aromatic nitrogens is 1. The topological polar surface area (TPSA) is 12.9 Å². The van der Waals surface area contributed by atoms with Crippen molar-refractivity contribution in [1.82, 2.24) is 4.98 Å². The molecule has 0 aliphatic heterocycles. The van der Waals surface area contributed by atoms with Gasteiger partial charge in [-0.2, -0.15) is 0 Å². The van der Waals surface area contributed by atoms with Crippen LogP contribution in [0.3, 0.4) is 0 Å². The van der Waals surface area contributed by atoms with Gasteiger partial charge in [0, 0.05) is 26.3 Å². The van der Waals surface area contributed by atoms with E-state index in [1.165, 1.54) is 54.4 Å². The molecule has 0 saturated heterocycles. The standard InChI is InChI=1S/C28H28N.Ir/c1-17-5-3-6-18(2)28(17)22-8-4-7-21(14-22)27-15-25-23-10-19-9-20(11-23)13-24(12-19)26(25)16-29-27;/h3-6,8,14-16,19-20,23-24H,9-13H2,1-2H3;/q-1;. The van der Waals surface area contributed by atoms with Crippen molar-refractivity contribution in [3.63, 3.8) is 0 Å². The van der Waals surface area contributed by atoms with E-state index in [0.717, 1.165) is 34.9 Å². The second kappa shape index (κ2) is 7.74. The number of rotatable bonds is 2. The summed E-state index contributed by atoms with van der Waals surface area (Å²) in [7, 11) is 0. The minimum atomic E-state index is 0. The monoisotopic (exact) mass is 571 g/mol. The molecule has 4 bridgehead atoms. The molecule has 4 aliphatic carbocycles. The van der Waals surface area contributed by atoms with Crippen LogP contribution in [0.15, 0.2) is 48.7 Å². The first-order valence-electron chi connectivity index (χ1n) is 11.2. The zero-order chi connectivity index (χ0) is 19.5. The second-order valence-electron chi connectivity index (χ2n) is 9.76. The van der Waals surface area contributed by atoms with E-state index < -0.39 is 0 Å². The molecule has 2 fully saturated rings. The zero-order valence-electron chi connectivity index (χ0n) is 17.7. The molecule has 3 aromatic rings. The summed E-state index contributed by atoms with van der Waals surface area (Å²) in [5.74, 6) is 3.41. The Morgan fingerprint density at radius 3 is 2.20 bits per heavy atom. The number of pyridine rings is 1. The third-order valence-electron chi connectivity index (χ3n) is 7.83. The Labute approximate surface area is 193 Å². The Bertz CT molecular complexity index is 1070. The Hall–Kier alpha value is -1.76. The van der Waals surface area contributed by atoms with Crippen LogP contribution >= 0.6 is 0 Å². The summed E-state index contributed by atoms with van der Waals surface area (Å²) in [6.07, 6.45) is 9.29. The van der Waals surface area contributed by atoms with Gasteiger partial charge < -0.3 is 4.98 Å². The van der Waals surface area contributed by atoms with Gasteiger partial charge in [-0.3, -0.25) is 0 Å². The summed E-state index contributed by atoms with van der Waals surface area (Å²) < 4.78 is 0. The fraction of sp³-hybridized carbons (Fsp3) is 0.393. The molecule has 2 heteroatoms. The maximum atomic E-state index is 4.95. The molecule has 2 saturated carbocycles. The van der Waals surface area contributed by atoms with Gasteiger partial charge in [-0.15, -0.1) is 35.4 Å². The predicted octanol–water partition coefficient (Wildman–Crippen LogP) is 7.22. The van der Waals surface area contributed by atoms with Crippen molar-refractivity contribution < 1.29 is 20.1 Å². The average molecular weight is 571 g/mol. The van der Waals surface area contributed by atoms with Crippen molar-refractivity contribution in [3.05, 3.63) is 77.0 Å². The van der Waals surface area contributed by atoms with Crippen molar-refractivity contribution in [2.24, 2.45) is 11.8 Å². The molecule has 2 atom stereocenters. The molecule has 0 spiro atoms. The van der Waals surface area contributed by atoms with E-state index in [0.29, 0.717) is 0 Å².